The average molecular weight is 299 g/mol. The van der Waals surface area contributed by atoms with Crippen LogP contribution in [0.5, 0.6) is 0 Å². The zero-order valence-electron chi connectivity index (χ0n) is 11.4. The summed E-state index contributed by atoms with van der Waals surface area (Å²) in [6.45, 7) is 2.03. The molecule has 21 heavy (non-hydrogen) atoms. The lowest BCUT2D eigenvalue weighted by Crippen LogP contribution is -2.11. The molecule has 0 aliphatic carbocycles. The Bertz CT molecular complexity index is 750. The van der Waals surface area contributed by atoms with E-state index in [1.165, 1.54) is 16.0 Å². The van der Waals surface area contributed by atoms with Crippen molar-refractivity contribution in [2.45, 2.75) is 13.3 Å². The van der Waals surface area contributed by atoms with E-state index in [-0.39, 0.29) is 5.91 Å². The molecule has 6 nitrogen and oxygen atoms in total. The summed E-state index contributed by atoms with van der Waals surface area (Å²) >= 11 is 1.44. The smallest absolute Gasteiger partial charge is 0.266 e. The Hall–Kier alpha value is -2.54. The van der Waals surface area contributed by atoms with E-state index in [0.29, 0.717) is 11.6 Å². The second-order valence-electron chi connectivity index (χ2n) is 4.31. The molecule has 1 N–H and O–H groups in total. The molecule has 0 spiro atoms. The summed E-state index contributed by atoms with van der Waals surface area (Å²) in [4.78, 5) is 21.2. The largest absolute Gasteiger partial charge is 0.319 e. The molecule has 0 saturated heterocycles. The summed E-state index contributed by atoms with van der Waals surface area (Å²) < 4.78 is 1.52. The number of anilines is 1. The molecule has 3 heterocycles. The Morgan fingerprint density at radius 3 is 2.95 bits per heavy atom. The van der Waals surface area contributed by atoms with Crippen LogP contribution in [0.2, 0.25) is 0 Å². The fourth-order valence-electron chi connectivity index (χ4n) is 1.91. The number of amides is 1. The van der Waals surface area contributed by atoms with Crippen molar-refractivity contribution in [3.05, 3.63) is 52.7 Å². The summed E-state index contributed by atoms with van der Waals surface area (Å²) in [5.74, 6) is 0.346. The van der Waals surface area contributed by atoms with Crippen LogP contribution < -0.4 is 5.32 Å². The molecule has 106 valence electrons. The number of aromatic nitrogens is 4. The Balaban J connectivity index is 1.77. The topological polar surface area (TPSA) is 72.7 Å². The predicted molar refractivity (Wildman–Crippen MR) is 80.8 cm³/mol. The van der Waals surface area contributed by atoms with Gasteiger partial charge in [0, 0.05) is 12.4 Å². The summed E-state index contributed by atoms with van der Waals surface area (Å²) in [7, 11) is 0. The highest BCUT2D eigenvalue weighted by Gasteiger charge is 2.13. The maximum absolute atomic E-state index is 12.2. The lowest BCUT2D eigenvalue weighted by Gasteiger charge is -2.02. The van der Waals surface area contributed by atoms with Crippen LogP contribution in [-0.4, -0.2) is 25.7 Å². The molecule has 1 amide bonds. The van der Waals surface area contributed by atoms with Gasteiger partial charge in [0.2, 0.25) is 5.95 Å². The monoisotopic (exact) mass is 299 g/mol. The van der Waals surface area contributed by atoms with Crippen LogP contribution in [0.1, 0.15) is 22.2 Å². The number of hydrogen-bond donors (Lipinski definition) is 1. The molecule has 3 aromatic heterocycles. The van der Waals surface area contributed by atoms with E-state index in [1.807, 2.05) is 18.4 Å². The van der Waals surface area contributed by atoms with E-state index in [1.54, 1.807) is 30.9 Å². The predicted octanol–water partition coefficient (Wildman–Crippen LogP) is 2.54. The molecule has 0 radical (unpaired) electrons. The minimum Gasteiger partial charge on any atom is -0.319 e. The molecular formula is C14H13N5OS. The second-order valence-corrected chi connectivity index (χ2v) is 5.22. The molecule has 3 rings (SSSR count). The van der Waals surface area contributed by atoms with Crippen molar-refractivity contribution in [3.63, 3.8) is 0 Å². The van der Waals surface area contributed by atoms with Gasteiger partial charge in [0.15, 0.2) is 0 Å². The van der Waals surface area contributed by atoms with Gasteiger partial charge < -0.3 is 5.32 Å². The minimum atomic E-state index is -0.115. The third-order valence-electron chi connectivity index (χ3n) is 2.93. The molecule has 0 fully saturated rings. The minimum absolute atomic E-state index is 0.115. The molecule has 0 atom stereocenters. The van der Waals surface area contributed by atoms with E-state index in [2.05, 4.69) is 20.4 Å². The fourth-order valence-corrected chi connectivity index (χ4v) is 2.80. The van der Waals surface area contributed by atoms with Gasteiger partial charge in [0.05, 0.1) is 23.0 Å². The third kappa shape index (κ3) is 2.82. The number of thiophene rings is 1. The van der Waals surface area contributed by atoms with Crippen molar-refractivity contribution >= 4 is 22.9 Å². The molecule has 3 aromatic rings. The van der Waals surface area contributed by atoms with E-state index >= 15 is 0 Å². The zero-order chi connectivity index (χ0) is 14.7. The molecule has 0 aliphatic heterocycles. The standard InChI is InChI=1S/C14H13N5OS/c1-2-10-4-7-21-12(10)13(20)18-11-8-17-19(9-11)14-15-5-3-6-16-14/h3-9H,2H2,1H3,(H,18,20). The van der Waals surface area contributed by atoms with Crippen molar-refractivity contribution in [2.75, 3.05) is 5.32 Å². The van der Waals surface area contributed by atoms with Crippen molar-refractivity contribution in [1.82, 2.24) is 19.7 Å². The van der Waals surface area contributed by atoms with Crippen LogP contribution in [0.3, 0.4) is 0 Å². The molecular weight excluding hydrogens is 286 g/mol. The van der Waals surface area contributed by atoms with Gasteiger partial charge in [-0.2, -0.15) is 5.10 Å². The average Bonchev–Trinajstić information content (AvgIpc) is 3.16. The first kappa shape index (κ1) is 13.4. The van der Waals surface area contributed by atoms with Crippen molar-refractivity contribution in [3.8, 4) is 5.95 Å². The zero-order valence-corrected chi connectivity index (χ0v) is 12.2. The van der Waals surface area contributed by atoms with E-state index in [0.717, 1.165) is 16.9 Å². The van der Waals surface area contributed by atoms with Crippen LogP contribution in [-0.2, 0) is 6.42 Å². The van der Waals surface area contributed by atoms with Crippen LogP contribution >= 0.6 is 11.3 Å². The van der Waals surface area contributed by atoms with Gasteiger partial charge in [0.1, 0.15) is 0 Å². The quantitative estimate of drug-likeness (QED) is 0.803. The third-order valence-corrected chi connectivity index (χ3v) is 3.89. The first-order valence-corrected chi connectivity index (χ1v) is 7.35. The lowest BCUT2D eigenvalue weighted by atomic mass is 10.2. The number of carbonyl (C=O) groups is 1. The fraction of sp³-hybridized carbons (Fsp3) is 0.143. The highest BCUT2D eigenvalue weighted by Crippen LogP contribution is 2.19. The first-order chi connectivity index (χ1) is 10.3. The summed E-state index contributed by atoms with van der Waals surface area (Å²) in [6, 6.07) is 3.71. The molecule has 0 aliphatic rings. The second kappa shape index (κ2) is 5.84. The number of rotatable bonds is 4. The van der Waals surface area contributed by atoms with Gasteiger partial charge in [-0.3, -0.25) is 4.79 Å². The Morgan fingerprint density at radius 1 is 1.38 bits per heavy atom. The van der Waals surface area contributed by atoms with E-state index in [9.17, 15) is 4.79 Å². The normalized spacial score (nSPS) is 10.5. The Labute approximate surface area is 125 Å². The SMILES string of the molecule is CCc1ccsc1C(=O)Nc1cnn(-c2ncccn2)c1. The maximum atomic E-state index is 12.2. The van der Waals surface area contributed by atoms with Crippen LogP contribution in [0, 0.1) is 0 Å². The Morgan fingerprint density at radius 2 is 2.19 bits per heavy atom. The van der Waals surface area contributed by atoms with Crippen molar-refractivity contribution in [2.24, 2.45) is 0 Å². The van der Waals surface area contributed by atoms with Crippen LogP contribution in [0.4, 0.5) is 5.69 Å². The number of hydrogen-bond acceptors (Lipinski definition) is 5. The number of nitrogens with one attached hydrogen (secondary N) is 1. The van der Waals surface area contributed by atoms with Crippen LogP contribution in [0.15, 0.2) is 42.3 Å². The molecule has 0 saturated carbocycles. The van der Waals surface area contributed by atoms with Gasteiger partial charge in [-0.25, -0.2) is 14.6 Å². The number of carbonyl (C=O) groups excluding carboxylic acids is 1. The number of aryl methyl sites for hydroxylation is 1. The number of nitrogens with zero attached hydrogens (tertiary/aromatic N) is 4. The summed E-state index contributed by atoms with van der Waals surface area (Å²) in [5, 5.41) is 8.91. The van der Waals surface area contributed by atoms with Crippen molar-refractivity contribution in [1.29, 1.82) is 0 Å². The van der Waals surface area contributed by atoms with E-state index < -0.39 is 0 Å². The highest BCUT2D eigenvalue weighted by atomic mass is 32.1. The summed E-state index contributed by atoms with van der Waals surface area (Å²) in [5.41, 5.74) is 1.67. The summed E-state index contributed by atoms with van der Waals surface area (Å²) in [6.07, 6.45) is 7.38. The molecule has 0 aromatic carbocycles. The Kier molecular flexibility index (Phi) is 3.74. The lowest BCUT2D eigenvalue weighted by molar-refractivity contribution is 0.103. The van der Waals surface area contributed by atoms with Gasteiger partial charge in [-0.05, 0) is 29.5 Å². The van der Waals surface area contributed by atoms with Gasteiger partial charge >= 0.3 is 0 Å². The molecule has 0 unspecified atom stereocenters. The first-order valence-electron chi connectivity index (χ1n) is 6.47. The van der Waals surface area contributed by atoms with Gasteiger partial charge in [0.25, 0.3) is 5.91 Å². The van der Waals surface area contributed by atoms with Gasteiger partial charge in [-0.15, -0.1) is 11.3 Å². The van der Waals surface area contributed by atoms with E-state index in [4.69, 9.17) is 0 Å². The van der Waals surface area contributed by atoms with Crippen LogP contribution in [0.25, 0.3) is 5.95 Å². The maximum Gasteiger partial charge on any atom is 0.266 e. The van der Waals surface area contributed by atoms with Crippen molar-refractivity contribution < 1.29 is 4.79 Å². The van der Waals surface area contributed by atoms with Gasteiger partial charge in [-0.1, -0.05) is 6.92 Å². The highest BCUT2D eigenvalue weighted by molar-refractivity contribution is 7.12. The molecule has 7 heteroatoms. The molecule has 0 bridgehead atoms.